The van der Waals surface area contributed by atoms with Gasteiger partial charge in [0.15, 0.2) is 14.7 Å². The topological polar surface area (TPSA) is 0 Å². The lowest BCUT2D eigenvalue weighted by atomic mass is 9.86. The minimum Gasteiger partial charge on any atom is -0.0561 e. The zero-order chi connectivity index (χ0) is 23.9. The van der Waals surface area contributed by atoms with Crippen LogP contribution in [0.25, 0.3) is 0 Å². The number of benzene rings is 3. The van der Waals surface area contributed by atoms with E-state index in [1.807, 2.05) is 0 Å². The minimum atomic E-state index is -0.131. The quantitative estimate of drug-likeness (QED) is 0.353. The lowest BCUT2D eigenvalue weighted by Gasteiger charge is -2.22. The third kappa shape index (κ3) is 5.49. The Morgan fingerprint density at radius 2 is 0.812 bits per heavy atom. The van der Waals surface area contributed by atoms with E-state index in [1.165, 1.54) is 36.9 Å². The molecule has 170 valence electrons. The van der Waals surface area contributed by atoms with Gasteiger partial charge in [0.05, 0.1) is 10.9 Å². The number of rotatable bonds is 3. The molecule has 0 unspecified atom stereocenters. The number of aryl methyl sites for hydroxylation is 1. The largest absolute Gasteiger partial charge is 0.169 e. The summed E-state index contributed by atoms with van der Waals surface area (Å²) in [6.45, 7) is 22.8. The first-order valence-electron chi connectivity index (χ1n) is 11.7. The lowest BCUT2D eigenvalue weighted by Crippen LogP contribution is -2.14. The summed E-state index contributed by atoms with van der Waals surface area (Å²) in [4.78, 5) is 4.19. The molecule has 0 amide bonds. The molecular weight excluding hydrogens is 404 g/mol. The predicted molar refractivity (Wildman–Crippen MR) is 142 cm³/mol. The van der Waals surface area contributed by atoms with Crippen molar-refractivity contribution in [2.75, 3.05) is 0 Å². The van der Waals surface area contributed by atoms with Crippen molar-refractivity contribution in [3.05, 3.63) is 89.0 Å². The van der Waals surface area contributed by atoms with E-state index in [0.717, 1.165) is 0 Å². The molecule has 0 saturated carbocycles. The molecule has 0 nitrogen and oxygen atoms in total. The Balaban J connectivity index is 2.14. The van der Waals surface area contributed by atoms with E-state index in [2.05, 4.69) is 136 Å². The highest BCUT2D eigenvalue weighted by atomic mass is 32.2. The molecular formula is C31H41S+. The van der Waals surface area contributed by atoms with Crippen LogP contribution in [0.1, 0.15) is 84.6 Å². The van der Waals surface area contributed by atoms with Gasteiger partial charge in [-0.25, -0.2) is 0 Å². The first kappa shape index (κ1) is 24.6. The molecule has 0 N–H and O–H groups in total. The molecule has 0 fully saturated rings. The fourth-order valence-electron chi connectivity index (χ4n) is 3.92. The van der Waals surface area contributed by atoms with Crippen LogP contribution in [-0.2, 0) is 27.1 Å². The summed E-state index contributed by atoms with van der Waals surface area (Å²) in [6, 6.07) is 25.7. The molecule has 3 rings (SSSR count). The molecule has 0 aliphatic carbocycles. The smallest absolute Gasteiger partial charge is 0.0561 e. The summed E-state index contributed by atoms with van der Waals surface area (Å²) in [6.07, 6.45) is 0. The maximum Gasteiger partial charge on any atom is 0.169 e. The fourth-order valence-corrected chi connectivity index (χ4v) is 6.10. The van der Waals surface area contributed by atoms with Crippen LogP contribution in [-0.4, -0.2) is 0 Å². The molecule has 32 heavy (non-hydrogen) atoms. The van der Waals surface area contributed by atoms with Gasteiger partial charge in [0.25, 0.3) is 0 Å². The first-order valence-corrected chi connectivity index (χ1v) is 13.0. The Labute approximate surface area is 199 Å². The lowest BCUT2D eigenvalue weighted by molar-refractivity contribution is 0.589. The first-order chi connectivity index (χ1) is 14.7. The minimum absolute atomic E-state index is 0.131. The molecule has 0 saturated heterocycles. The van der Waals surface area contributed by atoms with E-state index in [0.29, 0.717) is 0 Å². The van der Waals surface area contributed by atoms with E-state index in [-0.39, 0.29) is 27.1 Å². The van der Waals surface area contributed by atoms with Gasteiger partial charge < -0.3 is 0 Å². The van der Waals surface area contributed by atoms with Gasteiger partial charge in [-0.3, -0.25) is 0 Å². The fraction of sp³-hybridized carbons (Fsp3) is 0.419. The van der Waals surface area contributed by atoms with Gasteiger partial charge in [-0.15, -0.1) is 0 Å². The van der Waals surface area contributed by atoms with Gasteiger partial charge >= 0.3 is 0 Å². The van der Waals surface area contributed by atoms with E-state index in [4.69, 9.17) is 0 Å². The van der Waals surface area contributed by atoms with Crippen LogP contribution in [0, 0.1) is 6.92 Å². The third-order valence-electron chi connectivity index (χ3n) is 6.17. The summed E-state index contributed by atoms with van der Waals surface area (Å²) >= 11 is 0. The summed E-state index contributed by atoms with van der Waals surface area (Å²) in [5.41, 5.74) is 6.02. The molecule has 0 aromatic heterocycles. The second kappa shape index (κ2) is 8.75. The number of hydrogen-bond acceptors (Lipinski definition) is 0. The zero-order valence-corrected chi connectivity index (χ0v) is 22.6. The summed E-state index contributed by atoms with van der Waals surface area (Å²) in [7, 11) is -0.131. The van der Waals surface area contributed by atoms with Crippen molar-refractivity contribution in [1.82, 2.24) is 0 Å². The van der Waals surface area contributed by atoms with Crippen LogP contribution < -0.4 is 0 Å². The monoisotopic (exact) mass is 445 g/mol. The Hall–Kier alpha value is -1.99. The van der Waals surface area contributed by atoms with E-state index >= 15 is 0 Å². The second-order valence-corrected chi connectivity index (χ2v) is 14.1. The van der Waals surface area contributed by atoms with Crippen molar-refractivity contribution >= 4 is 10.9 Å². The van der Waals surface area contributed by atoms with Gasteiger partial charge in [-0.1, -0.05) is 98.7 Å². The zero-order valence-electron chi connectivity index (χ0n) is 21.8. The Kier molecular flexibility index (Phi) is 6.74. The highest BCUT2D eigenvalue weighted by molar-refractivity contribution is 7.97. The standard InChI is InChI=1S/C31H41S/c1-22-21-25(31(8,9)10)15-20-28(22)32(26-16-11-23(12-17-26)29(2,3)4)27-18-13-24(14-19-27)30(5,6)7/h11-21H,1-10H3/q+1. The van der Waals surface area contributed by atoms with Crippen LogP contribution in [0.5, 0.6) is 0 Å². The third-order valence-corrected chi connectivity index (χ3v) is 8.56. The highest BCUT2D eigenvalue weighted by Crippen LogP contribution is 2.37. The maximum atomic E-state index is 2.39. The van der Waals surface area contributed by atoms with Gasteiger partial charge in [0, 0.05) is 5.56 Å². The van der Waals surface area contributed by atoms with Gasteiger partial charge in [0.1, 0.15) is 0 Å². The van der Waals surface area contributed by atoms with Crippen molar-refractivity contribution in [1.29, 1.82) is 0 Å². The van der Waals surface area contributed by atoms with Crippen LogP contribution >= 0.6 is 0 Å². The second-order valence-electron chi connectivity index (χ2n) is 12.1. The van der Waals surface area contributed by atoms with Crippen LogP contribution in [0.4, 0.5) is 0 Å². The normalized spacial score (nSPS) is 13.0. The van der Waals surface area contributed by atoms with Crippen LogP contribution in [0.2, 0.25) is 0 Å². The molecule has 0 aliphatic rings. The Bertz CT molecular complexity index is 992. The average Bonchev–Trinajstić information content (AvgIpc) is 2.68. The van der Waals surface area contributed by atoms with Crippen LogP contribution in [0.3, 0.4) is 0 Å². The molecule has 0 spiro atoms. The van der Waals surface area contributed by atoms with Crippen molar-refractivity contribution in [2.24, 2.45) is 0 Å². The summed E-state index contributed by atoms with van der Waals surface area (Å²) in [5.74, 6) is 0. The van der Waals surface area contributed by atoms with E-state index < -0.39 is 0 Å². The molecule has 0 atom stereocenters. The predicted octanol–water partition coefficient (Wildman–Crippen LogP) is 8.98. The SMILES string of the molecule is Cc1cc(C(C)(C)C)ccc1[S+](c1ccc(C(C)(C)C)cc1)c1ccc(C(C)(C)C)cc1. The molecule has 0 radical (unpaired) electrons. The van der Waals surface area contributed by atoms with Crippen molar-refractivity contribution < 1.29 is 0 Å². The Morgan fingerprint density at radius 3 is 1.12 bits per heavy atom. The van der Waals surface area contributed by atoms with Gasteiger partial charge in [-0.05, 0) is 70.2 Å². The molecule has 3 aromatic rings. The van der Waals surface area contributed by atoms with Gasteiger partial charge in [0.2, 0.25) is 0 Å². The summed E-state index contributed by atoms with van der Waals surface area (Å²) < 4.78 is 0. The Morgan fingerprint density at radius 1 is 0.469 bits per heavy atom. The van der Waals surface area contributed by atoms with Crippen LogP contribution in [0.15, 0.2) is 81.4 Å². The van der Waals surface area contributed by atoms with Crippen molar-refractivity contribution in [3.8, 4) is 0 Å². The molecule has 0 bridgehead atoms. The van der Waals surface area contributed by atoms with Crippen molar-refractivity contribution in [2.45, 2.75) is 100 Å². The molecule has 0 heterocycles. The van der Waals surface area contributed by atoms with E-state index in [9.17, 15) is 0 Å². The van der Waals surface area contributed by atoms with Crippen molar-refractivity contribution in [3.63, 3.8) is 0 Å². The summed E-state index contributed by atoms with van der Waals surface area (Å²) in [5, 5.41) is 0. The van der Waals surface area contributed by atoms with E-state index in [1.54, 1.807) is 0 Å². The molecule has 1 heteroatoms. The molecule has 0 aliphatic heterocycles. The highest BCUT2D eigenvalue weighted by Gasteiger charge is 2.32. The van der Waals surface area contributed by atoms with Gasteiger partial charge in [-0.2, -0.15) is 0 Å². The molecule has 3 aromatic carbocycles. The average molecular weight is 446 g/mol. The maximum absolute atomic E-state index is 2.39. The number of hydrogen-bond donors (Lipinski definition) is 0.